The van der Waals surface area contributed by atoms with E-state index in [1.807, 2.05) is 19.9 Å². The molecule has 1 aliphatic heterocycles. The molecule has 7 nitrogen and oxygen atoms in total. The summed E-state index contributed by atoms with van der Waals surface area (Å²) in [5.74, 6) is 0.471. The van der Waals surface area contributed by atoms with Crippen LogP contribution < -0.4 is 5.56 Å². The van der Waals surface area contributed by atoms with Crippen LogP contribution in [0.15, 0.2) is 4.79 Å². The molecule has 1 amide bonds. The molecule has 0 aliphatic carbocycles. The Morgan fingerprint density at radius 3 is 2.70 bits per heavy atom. The highest BCUT2D eigenvalue weighted by molar-refractivity contribution is 7.18. The number of aryl methyl sites for hydroxylation is 2. The number of nitriles is 1. The fourth-order valence-corrected chi connectivity index (χ4v) is 4.43. The maximum Gasteiger partial charge on any atom is 0.263 e. The molecule has 0 unspecified atom stereocenters. The SMILES string of the molecule is Cc1sc2nc(CN3CCCC3)n(CC(=O)N(C)CCC#N)c(=O)c2c1C. The van der Waals surface area contributed by atoms with E-state index < -0.39 is 0 Å². The van der Waals surface area contributed by atoms with Crippen molar-refractivity contribution in [2.45, 2.75) is 46.2 Å². The number of amides is 1. The number of hydrogen-bond acceptors (Lipinski definition) is 6. The van der Waals surface area contributed by atoms with Gasteiger partial charge in [-0.3, -0.25) is 19.1 Å². The molecule has 0 saturated carbocycles. The molecule has 3 rings (SSSR count). The zero-order valence-electron chi connectivity index (χ0n) is 16.1. The lowest BCUT2D eigenvalue weighted by atomic mass is 10.2. The average Bonchev–Trinajstić information content (AvgIpc) is 3.24. The van der Waals surface area contributed by atoms with Crippen LogP contribution in [0.5, 0.6) is 0 Å². The lowest BCUT2D eigenvalue weighted by Crippen LogP contribution is -2.37. The van der Waals surface area contributed by atoms with Crippen molar-refractivity contribution in [1.29, 1.82) is 5.26 Å². The van der Waals surface area contributed by atoms with Crippen LogP contribution in [0.25, 0.3) is 10.2 Å². The highest BCUT2D eigenvalue weighted by Crippen LogP contribution is 2.26. The second-order valence-electron chi connectivity index (χ2n) is 7.09. The molecule has 0 aromatic carbocycles. The molecular formula is C19H25N5O2S. The summed E-state index contributed by atoms with van der Waals surface area (Å²) in [6.45, 7) is 6.81. The Balaban J connectivity index is 2.00. The van der Waals surface area contributed by atoms with Gasteiger partial charge in [-0.15, -0.1) is 11.3 Å². The molecule has 2 aromatic heterocycles. The van der Waals surface area contributed by atoms with Gasteiger partial charge in [0.05, 0.1) is 24.4 Å². The van der Waals surface area contributed by atoms with E-state index in [1.165, 1.54) is 20.8 Å². The van der Waals surface area contributed by atoms with Gasteiger partial charge in [0.15, 0.2) is 0 Å². The number of aromatic nitrogens is 2. The Hall–Kier alpha value is -2.24. The second-order valence-corrected chi connectivity index (χ2v) is 8.29. The van der Waals surface area contributed by atoms with E-state index in [4.69, 9.17) is 10.2 Å². The maximum absolute atomic E-state index is 13.2. The van der Waals surface area contributed by atoms with Gasteiger partial charge in [0, 0.05) is 18.5 Å². The minimum absolute atomic E-state index is 0.0405. The van der Waals surface area contributed by atoms with Gasteiger partial charge in [0.25, 0.3) is 5.56 Å². The van der Waals surface area contributed by atoms with Gasteiger partial charge in [-0.1, -0.05) is 0 Å². The van der Waals surface area contributed by atoms with Crippen molar-refractivity contribution in [3.8, 4) is 6.07 Å². The van der Waals surface area contributed by atoms with Gasteiger partial charge in [-0.25, -0.2) is 4.98 Å². The molecule has 3 heterocycles. The Morgan fingerprint density at radius 1 is 1.33 bits per heavy atom. The summed E-state index contributed by atoms with van der Waals surface area (Å²) in [7, 11) is 1.66. The summed E-state index contributed by atoms with van der Waals surface area (Å²) in [6, 6.07) is 2.04. The molecule has 1 saturated heterocycles. The van der Waals surface area contributed by atoms with Gasteiger partial charge in [-0.05, 0) is 45.3 Å². The Kier molecular flexibility index (Phi) is 5.92. The number of hydrogen-bond donors (Lipinski definition) is 0. The number of fused-ring (bicyclic) bond motifs is 1. The predicted octanol–water partition coefficient (Wildman–Crippen LogP) is 2.04. The third-order valence-electron chi connectivity index (χ3n) is 5.21. The molecule has 0 spiro atoms. The van der Waals surface area contributed by atoms with Crippen molar-refractivity contribution in [2.24, 2.45) is 0 Å². The molecule has 1 fully saturated rings. The van der Waals surface area contributed by atoms with Crippen molar-refractivity contribution in [3.05, 3.63) is 26.6 Å². The quantitative estimate of drug-likeness (QED) is 0.758. The number of nitrogens with zero attached hydrogens (tertiary/aromatic N) is 5. The van der Waals surface area contributed by atoms with Crippen LogP contribution in [0.3, 0.4) is 0 Å². The topological polar surface area (TPSA) is 82.2 Å². The van der Waals surface area contributed by atoms with E-state index in [2.05, 4.69) is 4.90 Å². The van der Waals surface area contributed by atoms with E-state index in [9.17, 15) is 9.59 Å². The molecule has 1 aliphatic rings. The first-order valence-corrected chi connectivity index (χ1v) is 10.1. The minimum atomic E-state index is -0.180. The number of likely N-dealkylation sites (N-methyl/N-ethyl adjacent to an activating group) is 1. The summed E-state index contributed by atoms with van der Waals surface area (Å²) in [5, 5.41) is 9.35. The van der Waals surface area contributed by atoms with E-state index in [0.717, 1.165) is 41.2 Å². The molecule has 8 heteroatoms. The van der Waals surface area contributed by atoms with E-state index in [0.29, 0.717) is 24.3 Å². The van der Waals surface area contributed by atoms with Crippen molar-refractivity contribution in [1.82, 2.24) is 19.4 Å². The largest absolute Gasteiger partial charge is 0.343 e. The van der Waals surface area contributed by atoms with Crippen molar-refractivity contribution >= 4 is 27.5 Å². The maximum atomic E-state index is 13.2. The van der Waals surface area contributed by atoms with E-state index in [1.54, 1.807) is 7.05 Å². The zero-order valence-corrected chi connectivity index (χ0v) is 16.9. The molecule has 144 valence electrons. The fraction of sp³-hybridized carbons (Fsp3) is 0.579. The third-order valence-corrected chi connectivity index (χ3v) is 6.31. The molecule has 27 heavy (non-hydrogen) atoms. The number of carbonyl (C=O) groups is 1. The number of likely N-dealkylation sites (tertiary alicyclic amines) is 1. The van der Waals surface area contributed by atoms with Crippen LogP contribution in [-0.4, -0.2) is 51.9 Å². The van der Waals surface area contributed by atoms with Crippen molar-refractivity contribution < 1.29 is 4.79 Å². The number of thiophene rings is 1. The van der Waals surface area contributed by atoms with Gasteiger partial charge < -0.3 is 4.90 Å². The normalized spacial score (nSPS) is 14.6. The number of carbonyl (C=O) groups excluding carboxylic acids is 1. The van der Waals surface area contributed by atoms with Crippen LogP contribution in [0.1, 0.15) is 35.5 Å². The molecule has 0 atom stereocenters. The van der Waals surface area contributed by atoms with Gasteiger partial charge in [0.2, 0.25) is 5.91 Å². The van der Waals surface area contributed by atoms with Gasteiger partial charge in [-0.2, -0.15) is 5.26 Å². The standard InChI is InChI=1S/C19H25N5O2S/c1-13-14(2)27-18-17(13)19(26)24(12-16(25)22(3)8-6-7-20)15(21-18)11-23-9-4-5-10-23/h4-6,8-12H2,1-3H3. The molecule has 2 aromatic rings. The molecule has 0 radical (unpaired) electrons. The summed E-state index contributed by atoms with van der Waals surface area (Å²) in [4.78, 5) is 36.2. The highest BCUT2D eigenvalue weighted by Gasteiger charge is 2.22. The van der Waals surface area contributed by atoms with Crippen molar-refractivity contribution in [3.63, 3.8) is 0 Å². The molecule has 0 N–H and O–H groups in total. The summed E-state index contributed by atoms with van der Waals surface area (Å²) >= 11 is 1.54. The lowest BCUT2D eigenvalue weighted by Gasteiger charge is -2.20. The third kappa shape index (κ3) is 4.04. The van der Waals surface area contributed by atoms with Crippen LogP contribution in [0, 0.1) is 25.2 Å². The zero-order chi connectivity index (χ0) is 19.6. The summed E-state index contributed by atoms with van der Waals surface area (Å²) in [5.41, 5.74) is 0.803. The smallest absolute Gasteiger partial charge is 0.263 e. The monoisotopic (exact) mass is 387 g/mol. The Labute approximate surface area is 162 Å². The molecular weight excluding hydrogens is 362 g/mol. The fourth-order valence-electron chi connectivity index (χ4n) is 3.39. The van der Waals surface area contributed by atoms with Crippen molar-refractivity contribution in [2.75, 3.05) is 26.7 Å². The summed E-state index contributed by atoms with van der Waals surface area (Å²) in [6.07, 6.45) is 2.58. The first kappa shape index (κ1) is 19.5. The van der Waals surface area contributed by atoms with E-state index >= 15 is 0 Å². The molecule has 0 bridgehead atoms. The van der Waals surface area contributed by atoms with Gasteiger partial charge in [0.1, 0.15) is 17.2 Å². The lowest BCUT2D eigenvalue weighted by molar-refractivity contribution is -0.130. The number of rotatable bonds is 6. The Bertz CT molecular complexity index is 950. The second kappa shape index (κ2) is 8.19. The van der Waals surface area contributed by atoms with Crippen LogP contribution in [-0.2, 0) is 17.9 Å². The highest BCUT2D eigenvalue weighted by atomic mass is 32.1. The first-order valence-electron chi connectivity index (χ1n) is 9.25. The average molecular weight is 388 g/mol. The first-order chi connectivity index (χ1) is 12.9. The van der Waals surface area contributed by atoms with Crippen LogP contribution in [0.4, 0.5) is 0 Å². The van der Waals surface area contributed by atoms with E-state index in [-0.39, 0.29) is 24.4 Å². The summed E-state index contributed by atoms with van der Waals surface area (Å²) < 4.78 is 1.53. The Morgan fingerprint density at radius 2 is 2.04 bits per heavy atom. The van der Waals surface area contributed by atoms with Crippen LogP contribution in [0.2, 0.25) is 0 Å². The van der Waals surface area contributed by atoms with Crippen LogP contribution >= 0.6 is 11.3 Å². The van der Waals surface area contributed by atoms with Gasteiger partial charge >= 0.3 is 0 Å². The predicted molar refractivity (Wildman–Crippen MR) is 106 cm³/mol. The minimum Gasteiger partial charge on any atom is -0.343 e.